The predicted octanol–water partition coefficient (Wildman–Crippen LogP) is 5.53. The molecule has 1 fully saturated rings. The number of nitrogens with two attached hydrogens (primary N) is 1. The lowest BCUT2D eigenvalue weighted by Gasteiger charge is -2.39. The monoisotopic (exact) mass is 458 g/mol. The number of rotatable bonds is 2. The van der Waals surface area contributed by atoms with Crippen molar-refractivity contribution in [2.75, 3.05) is 12.3 Å². The first-order valence-corrected chi connectivity index (χ1v) is 11.5. The number of benzene rings is 1. The number of carbonyl (C=O) groups excluding carboxylic acids is 1. The fourth-order valence-electron chi connectivity index (χ4n) is 5.32. The Kier molecular flexibility index (Phi) is 5.30. The highest BCUT2D eigenvalue weighted by Gasteiger charge is 2.36. The van der Waals surface area contributed by atoms with E-state index in [1.165, 1.54) is 0 Å². The number of aromatic nitrogens is 2. The van der Waals surface area contributed by atoms with E-state index in [0.29, 0.717) is 27.7 Å². The first-order valence-electron chi connectivity index (χ1n) is 10.7. The molecule has 162 valence electrons. The van der Waals surface area contributed by atoms with Gasteiger partial charge in [-0.1, -0.05) is 29.6 Å². The molecule has 1 unspecified atom stereocenters. The van der Waals surface area contributed by atoms with Gasteiger partial charge in [-0.15, -0.1) is 0 Å². The summed E-state index contributed by atoms with van der Waals surface area (Å²) < 4.78 is 5.65. The summed E-state index contributed by atoms with van der Waals surface area (Å²) in [6, 6.07) is 3.81. The number of hydrogen-bond acceptors (Lipinski definition) is 5. The molecule has 1 aliphatic heterocycles. The van der Waals surface area contributed by atoms with Crippen LogP contribution in [0.4, 0.5) is 6.01 Å². The quantitative estimate of drug-likeness (QED) is 0.545. The minimum absolute atomic E-state index is 0.0376. The van der Waals surface area contributed by atoms with Gasteiger partial charge in [-0.3, -0.25) is 9.78 Å². The summed E-state index contributed by atoms with van der Waals surface area (Å²) >= 11 is 12.7. The van der Waals surface area contributed by atoms with Crippen molar-refractivity contribution in [3.63, 3.8) is 0 Å². The van der Waals surface area contributed by atoms with Gasteiger partial charge >= 0.3 is 0 Å². The molecule has 3 aromatic rings. The standard InChI is InChI=1S/C23H24Cl2N4O2/c1-12-20-14(8-16(24)9-18(20)25)5-6-29(12)22(30)15-4-2-3-13(7-15)17-10-27-11-19-21(17)31-23(26)28-19/h8-13,15H,2-7H2,1H3,(H2,26,28)/t12-,13?,15+/m0/s1. The van der Waals surface area contributed by atoms with Crippen LogP contribution in [0.5, 0.6) is 0 Å². The summed E-state index contributed by atoms with van der Waals surface area (Å²) in [5.74, 6) is 0.358. The third-order valence-corrected chi connectivity index (χ3v) is 7.31. The zero-order chi connectivity index (χ0) is 21.7. The molecule has 0 spiro atoms. The van der Waals surface area contributed by atoms with Crippen LogP contribution in [-0.4, -0.2) is 27.3 Å². The maximum atomic E-state index is 13.6. The molecule has 2 N–H and O–H groups in total. The van der Waals surface area contributed by atoms with Crippen molar-refractivity contribution in [1.82, 2.24) is 14.9 Å². The molecule has 5 rings (SSSR count). The van der Waals surface area contributed by atoms with E-state index in [1.807, 2.05) is 17.2 Å². The molecule has 2 aromatic heterocycles. The number of oxazole rings is 1. The molecule has 1 aliphatic carbocycles. The molecule has 31 heavy (non-hydrogen) atoms. The van der Waals surface area contributed by atoms with E-state index < -0.39 is 0 Å². The van der Waals surface area contributed by atoms with Crippen molar-refractivity contribution in [2.45, 2.75) is 51.0 Å². The van der Waals surface area contributed by atoms with Gasteiger partial charge in [-0.2, -0.15) is 4.98 Å². The number of nitrogens with zero attached hydrogens (tertiary/aromatic N) is 3. The smallest absolute Gasteiger partial charge is 0.293 e. The fourth-order valence-corrected chi connectivity index (χ4v) is 6.01. The van der Waals surface area contributed by atoms with Crippen molar-refractivity contribution < 1.29 is 9.21 Å². The van der Waals surface area contributed by atoms with Crippen molar-refractivity contribution in [2.24, 2.45) is 5.92 Å². The number of hydrogen-bond donors (Lipinski definition) is 1. The van der Waals surface area contributed by atoms with E-state index in [0.717, 1.165) is 48.8 Å². The van der Waals surface area contributed by atoms with Crippen LogP contribution in [0.15, 0.2) is 28.9 Å². The molecule has 1 amide bonds. The second kappa shape index (κ2) is 7.99. The first-order chi connectivity index (χ1) is 14.9. The molecule has 6 nitrogen and oxygen atoms in total. The molecule has 8 heteroatoms. The molecular formula is C23H24Cl2N4O2. The van der Waals surface area contributed by atoms with Crippen LogP contribution in [-0.2, 0) is 11.2 Å². The van der Waals surface area contributed by atoms with Gasteiger partial charge in [0.25, 0.3) is 6.01 Å². The Hall–Kier alpha value is -2.31. The first kappa shape index (κ1) is 20.6. The van der Waals surface area contributed by atoms with Crippen molar-refractivity contribution in [3.8, 4) is 0 Å². The lowest BCUT2D eigenvalue weighted by molar-refractivity contribution is -0.139. The van der Waals surface area contributed by atoms with E-state index in [1.54, 1.807) is 12.3 Å². The molecule has 3 heterocycles. The maximum absolute atomic E-state index is 13.6. The highest BCUT2D eigenvalue weighted by Crippen LogP contribution is 2.42. The van der Waals surface area contributed by atoms with E-state index in [2.05, 4.69) is 16.9 Å². The van der Waals surface area contributed by atoms with Gasteiger partial charge in [0.05, 0.1) is 12.2 Å². The Bertz CT molecular complexity index is 1160. The number of halogens is 2. The number of anilines is 1. The molecule has 1 aromatic carbocycles. The van der Waals surface area contributed by atoms with Gasteiger partial charge in [0, 0.05) is 34.3 Å². The number of carbonyl (C=O) groups is 1. The van der Waals surface area contributed by atoms with Crippen LogP contribution in [0.1, 0.15) is 61.3 Å². The van der Waals surface area contributed by atoms with Crippen LogP contribution in [0.25, 0.3) is 11.1 Å². The minimum atomic E-state index is -0.0689. The van der Waals surface area contributed by atoms with Crippen molar-refractivity contribution in [1.29, 1.82) is 0 Å². The normalized spacial score (nSPS) is 23.7. The predicted molar refractivity (Wildman–Crippen MR) is 121 cm³/mol. The molecule has 0 radical (unpaired) electrons. The van der Waals surface area contributed by atoms with Gasteiger partial charge in [0.1, 0.15) is 5.52 Å². The van der Waals surface area contributed by atoms with Gasteiger partial charge in [-0.05, 0) is 61.8 Å². The molecule has 1 saturated carbocycles. The second-order valence-corrected chi connectivity index (χ2v) is 9.45. The summed E-state index contributed by atoms with van der Waals surface area (Å²) in [7, 11) is 0. The van der Waals surface area contributed by atoms with Gasteiger partial charge in [0.15, 0.2) is 5.58 Å². The van der Waals surface area contributed by atoms with Crippen LogP contribution in [0.3, 0.4) is 0 Å². The SMILES string of the molecule is C[C@H]1c2c(Cl)cc(Cl)cc2CCN1C(=O)[C@@H]1CCCC(c2cncc3nc(N)oc23)C1. The second-order valence-electron chi connectivity index (χ2n) is 8.61. The summed E-state index contributed by atoms with van der Waals surface area (Å²) in [5, 5.41) is 1.27. The summed E-state index contributed by atoms with van der Waals surface area (Å²) in [5.41, 5.74) is 10.3. The van der Waals surface area contributed by atoms with Crippen molar-refractivity contribution >= 4 is 46.2 Å². The molecule has 0 bridgehead atoms. The number of nitrogen functional groups attached to an aromatic ring is 1. The fraction of sp³-hybridized carbons (Fsp3) is 0.435. The molecule has 3 atom stereocenters. The molecular weight excluding hydrogens is 435 g/mol. The average Bonchev–Trinajstić information content (AvgIpc) is 3.13. The van der Waals surface area contributed by atoms with E-state index >= 15 is 0 Å². The zero-order valence-corrected chi connectivity index (χ0v) is 18.8. The summed E-state index contributed by atoms with van der Waals surface area (Å²) in [6.07, 6.45) is 7.89. The van der Waals surface area contributed by atoms with Crippen LogP contribution in [0.2, 0.25) is 10.0 Å². The van der Waals surface area contributed by atoms with Crippen LogP contribution in [0, 0.1) is 5.92 Å². The highest BCUT2D eigenvalue weighted by atomic mass is 35.5. The Labute approximate surface area is 190 Å². The Morgan fingerprint density at radius 2 is 2.10 bits per heavy atom. The number of fused-ring (bicyclic) bond motifs is 2. The van der Waals surface area contributed by atoms with Crippen LogP contribution < -0.4 is 5.73 Å². The Morgan fingerprint density at radius 3 is 2.94 bits per heavy atom. The summed E-state index contributed by atoms with van der Waals surface area (Å²) in [4.78, 5) is 24.1. The number of pyridine rings is 1. The molecule has 0 saturated heterocycles. The van der Waals surface area contributed by atoms with Gasteiger partial charge < -0.3 is 15.1 Å². The highest BCUT2D eigenvalue weighted by molar-refractivity contribution is 6.35. The maximum Gasteiger partial charge on any atom is 0.293 e. The van der Waals surface area contributed by atoms with Gasteiger partial charge in [0.2, 0.25) is 5.91 Å². The topological polar surface area (TPSA) is 85.2 Å². The van der Waals surface area contributed by atoms with Gasteiger partial charge in [-0.25, -0.2) is 0 Å². The van der Waals surface area contributed by atoms with E-state index in [9.17, 15) is 4.79 Å². The Morgan fingerprint density at radius 1 is 1.26 bits per heavy atom. The number of amides is 1. The van der Waals surface area contributed by atoms with E-state index in [4.69, 9.17) is 33.4 Å². The Balaban J connectivity index is 1.38. The average molecular weight is 459 g/mol. The third kappa shape index (κ3) is 3.66. The summed E-state index contributed by atoms with van der Waals surface area (Å²) in [6.45, 7) is 2.73. The minimum Gasteiger partial charge on any atom is -0.423 e. The lowest BCUT2D eigenvalue weighted by Crippen LogP contribution is -2.43. The van der Waals surface area contributed by atoms with E-state index in [-0.39, 0.29) is 29.8 Å². The third-order valence-electron chi connectivity index (χ3n) is 6.78. The molecule has 2 aliphatic rings. The lowest BCUT2D eigenvalue weighted by atomic mass is 9.77. The van der Waals surface area contributed by atoms with Crippen LogP contribution >= 0.6 is 23.2 Å². The van der Waals surface area contributed by atoms with Crippen molar-refractivity contribution in [3.05, 3.63) is 51.3 Å². The zero-order valence-electron chi connectivity index (χ0n) is 17.3. The largest absolute Gasteiger partial charge is 0.423 e.